The van der Waals surface area contributed by atoms with E-state index in [2.05, 4.69) is 0 Å². The van der Waals surface area contributed by atoms with Crippen molar-refractivity contribution < 1.29 is 32.2 Å². The number of ether oxygens (including phenoxy) is 3. The van der Waals surface area contributed by atoms with Gasteiger partial charge in [-0.1, -0.05) is 19.9 Å². The van der Waals surface area contributed by atoms with Gasteiger partial charge in [-0.3, -0.25) is 0 Å². The summed E-state index contributed by atoms with van der Waals surface area (Å²) < 4.78 is 54.4. The fourth-order valence-corrected chi connectivity index (χ4v) is 2.22. The van der Waals surface area contributed by atoms with Crippen LogP contribution in [0.15, 0.2) is 18.2 Å². The molecule has 2 N–H and O–H groups in total. The first-order valence-electron chi connectivity index (χ1n) is 9.19. The van der Waals surface area contributed by atoms with E-state index in [1.165, 1.54) is 6.07 Å². The molecular weight excluding hydrogens is 375 g/mol. The molecule has 1 atom stereocenters. The highest BCUT2D eigenvalue weighted by Crippen LogP contribution is 2.34. The van der Waals surface area contributed by atoms with Crippen LogP contribution in [0.3, 0.4) is 0 Å². The van der Waals surface area contributed by atoms with Gasteiger partial charge in [0, 0.05) is 26.2 Å². The Labute approximate surface area is 164 Å². The molecule has 0 amide bonds. The first-order valence-corrected chi connectivity index (χ1v) is 9.19. The van der Waals surface area contributed by atoms with E-state index in [1.54, 1.807) is 19.2 Å². The Hall–Kier alpha value is -1.80. The second-order valence-corrected chi connectivity index (χ2v) is 7.53. The Morgan fingerprint density at radius 2 is 1.82 bits per heavy atom. The number of benzene rings is 1. The summed E-state index contributed by atoms with van der Waals surface area (Å²) in [4.78, 5) is 12.4. The van der Waals surface area contributed by atoms with Crippen LogP contribution < -0.4 is 10.5 Å². The third-order valence-electron chi connectivity index (χ3n) is 4.37. The van der Waals surface area contributed by atoms with Crippen LogP contribution in [0.1, 0.15) is 50.0 Å². The van der Waals surface area contributed by atoms with Gasteiger partial charge in [-0.15, -0.1) is 0 Å². The smallest absolute Gasteiger partial charge is 0.427 e. The Bertz CT molecular complexity index is 645. The van der Waals surface area contributed by atoms with Gasteiger partial charge in [0.25, 0.3) is 0 Å². The molecule has 0 radical (unpaired) electrons. The molecule has 0 aliphatic carbocycles. The summed E-state index contributed by atoms with van der Waals surface area (Å²) in [6, 6.07) is 4.61. The molecule has 0 aromatic heterocycles. The Kier molecular flexibility index (Phi) is 8.75. The van der Waals surface area contributed by atoms with Gasteiger partial charge in [0.15, 0.2) is 0 Å². The number of rotatable bonds is 10. The molecule has 1 unspecified atom stereocenters. The van der Waals surface area contributed by atoms with E-state index in [-0.39, 0.29) is 29.9 Å². The van der Waals surface area contributed by atoms with E-state index < -0.39 is 17.7 Å². The number of nitrogens with two attached hydrogens (primary N) is 1. The summed E-state index contributed by atoms with van der Waals surface area (Å²) in [6.07, 6.45) is -3.57. The zero-order valence-corrected chi connectivity index (χ0v) is 17.1. The molecule has 1 aromatic rings. The van der Waals surface area contributed by atoms with Crippen LogP contribution >= 0.6 is 0 Å². The summed E-state index contributed by atoms with van der Waals surface area (Å²) in [5, 5.41) is 0. The lowest BCUT2D eigenvalue weighted by Crippen LogP contribution is -2.43. The highest BCUT2D eigenvalue weighted by Gasteiger charge is 2.51. The first kappa shape index (κ1) is 24.2. The van der Waals surface area contributed by atoms with Crippen LogP contribution in [0.2, 0.25) is 0 Å². The van der Waals surface area contributed by atoms with Crippen LogP contribution in [-0.4, -0.2) is 44.1 Å². The number of alkyl halides is 3. The number of carbonyl (C=O) groups excluding carboxylic acids is 1. The fraction of sp³-hybridized carbons (Fsp3) is 0.650. The van der Waals surface area contributed by atoms with Gasteiger partial charge < -0.3 is 19.9 Å². The van der Waals surface area contributed by atoms with Crippen molar-refractivity contribution in [3.8, 4) is 5.75 Å². The number of esters is 1. The average molecular weight is 405 g/mol. The van der Waals surface area contributed by atoms with Crippen LogP contribution in [0.4, 0.5) is 13.2 Å². The van der Waals surface area contributed by atoms with E-state index >= 15 is 0 Å². The number of halogens is 3. The largest absolute Gasteiger partial charge is 0.493 e. The number of methoxy groups -OCH3 is 1. The lowest BCUT2D eigenvalue weighted by molar-refractivity contribution is -0.244. The molecule has 1 rings (SSSR count). The summed E-state index contributed by atoms with van der Waals surface area (Å²) in [7, 11) is 1.55. The summed E-state index contributed by atoms with van der Waals surface area (Å²) >= 11 is 0. The third-order valence-corrected chi connectivity index (χ3v) is 4.37. The number of hydrogen-bond donors (Lipinski definition) is 1. The minimum Gasteiger partial charge on any atom is -0.493 e. The van der Waals surface area contributed by atoms with Crippen molar-refractivity contribution in [3.63, 3.8) is 0 Å². The van der Waals surface area contributed by atoms with Crippen LogP contribution in [0.5, 0.6) is 5.75 Å². The zero-order chi connectivity index (χ0) is 21.5. The van der Waals surface area contributed by atoms with Crippen molar-refractivity contribution in [2.45, 2.75) is 58.4 Å². The van der Waals surface area contributed by atoms with Gasteiger partial charge in [0.2, 0.25) is 5.60 Å². The van der Waals surface area contributed by atoms with E-state index in [0.29, 0.717) is 19.4 Å². The van der Waals surface area contributed by atoms with Gasteiger partial charge in [0.05, 0.1) is 6.61 Å². The van der Waals surface area contributed by atoms with Gasteiger partial charge in [0.1, 0.15) is 11.3 Å². The molecule has 0 fully saturated rings. The maximum absolute atomic E-state index is 13.0. The van der Waals surface area contributed by atoms with Gasteiger partial charge in [-0.05, 0) is 43.9 Å². The minimum absolute atomic E-state index is 0.0587. The van der Waals surface area contributed by atoms with Crippen molar-refractivity contribution in [2.75, 3.05) is 20.3 Å². The fourth-order valence-electron chi connectivity index (χ4n) is 2.22. The zero-order valence-electron chi connectivity index (χ0n) is 17.1. The molecule has 0 saturated carbocycles. The standard InChI is InChI=1S/C20H30F3NO4/c1-13(2)16(24)11-14-7-8-15(17(12-14)27-10-6-9-26-5)18(25)28-19(3,4)20(21,22)23/h7-8,12-13,16H,6,9-11,24H2,1-5H3. The average Bonchev–Trinajstić information content (AvgIpc) is 2.57. The van der Waals surface area contributed by atoms with Crippen molar-refractivity contribution >= 4 is 5.97 Å². The molecule has 0 bridgehead atoms. The molecular formula is C20H30F3NO4. The van der Waals surface area contributed by atoms with E-state index in [4.69, 9.17) is 19.9 Å². The quantitative estimate of drug-likeness (QED) is 0.468. The van der Waals surface area contributed by atoms with E-state index in [1.807, 2.05) is 13.8 Å². The van der Waals surface area contributed by atoms with Gasteiger partial charge >= 0.3 is 12.1 Å². The maximum atomic E-state index is 13.0. The summed E-state index contributed by atoms with van der Waals surface area (Å²) in [5.41, 5.74) is 4.25. The van der Waals surface area contributed by atoms with Crippen LogP contribution in [0.25, 0.3) is 0 Å². The lowest BCUT2D eigenvalue weighted by atomic mass is 9.96. The Balaban J connectivity index is 3.08. The molecule has 160 valence electrons. The highest BCUT2D eigenvalue weighted by molar-refractivity contribution is 5.93. The molecule has 1 aromatic carbocycles. The Morgan fingerprint density at radius 1 is 1.18 bits per heavy atom. The third kappa shape index (κ3) is 6.98. The second kappa shape index (κ2) is 10.1. The first-order chi connectivity index (χ1) is 12.9. The maximum Gasteiger partial charge on any atom is 0.427 e. The lowest BCUT2D eigenvalue weighted by Gasteiger charge is -2.28. The molecule has 5 nitrogen and oxygen atoms in total. The van der Waals surface area contributed by atoms with Gasteiger partial charge in [-0.25, -0.2) is 4.79 Å². The van der Waals surface area contributed by atoms with E-state index in [9.17, 15) is 18.0 Å². The molecule has 28 heavy (non-hydrogen) atoms. The van der Waals surface area contributed by atoms with Crippen molar-refractivity contribution in [1.29, 1.82) is 0 Å². The SMILES string of the molecule is COCCCOc1cc(CC(N)C(C)C)ccc1C(=O)OC(C)(C)C(F)(F)F. The second-order valence-electron chi connectivity index (χ2n) is 7.53. The van der Waals surface area contributed by atoms with Crippen molar-refractivity contribution in [1.82, 2.24) is 0 Å². The Morgan fingerprint density at radius 3 is 2.36 bits per heavy atom. The van der Waals surface area contributed by atoms with E-state index in [0.717, 1.165) is 19.4 Å². The van der Waals surface area contributed by atoms with Gasteiger partial charge in [-0.2, -0.15) is 13.2 Å². The molecule has 0 aliphatic heterocycles. The monoisotopic (exact) mass is 405 g/mol. The predicted molar refractivity (Wildman–Crippen MR) is 100 cm³/mol. The number of carbonyl (C=O) groups is 1. The normalized spacial score (nSPS) is 13.5. The van der Waals surface area contributed by atoms with Crippen molar-refractivity contribution in [3.05, 3.63) is 29.3 Å². The summed E-state index contributed by atoms with van der Waals surface area (Å²) in [6.45, 7) is 6.31. The van der Waals surface area contributed by atoms with Crippen LogP contribution in [0, 0.1) is 5.92 Å². The molecule has 0 saturated heterocycles. The number of hydrogen-bond acceptors (Lipinski definition) is 5. The molecule has 0 heterocycles. The molecule has 0 aliphatic rings. The molecule has 0 spiro atoms. The minimum atomic E-state index is -4.69. The molecule has 8 heteroatoms. The topological polar surface area (TPSA) is 70.8 Å². The van der Waals surface area contributed by atoms with Crippen LogP contribution in [-0.2, 0) is 15.9 Å². The summed E-state index contributed by atoms with van der Waals surface area (Å²) in [5.74, 6) is -0.667. The van der Waals surface area contributed by atoms with Crippen molar-refractivity contribution in [2.24, 2.45) is 11.7 Å². The predicted octanol–water partition coefficient (Wildman–Crippen LogP) is 4.13. The highest BCUT2D eigenvalue weighted by atomic mass is 19.4.